The molecule has 0 spiro atoms. The van der Waals surface area contributed by atoms with Crippen molar-refractivity contribution in [3.63, 3.8) is 0 Å². The summed E-state index contributed by atoms with van der Waals surface area (Å²) in [5.41, 5.74) is 4.90. The molecule has 2 aliphatic rings. The van der Waals surface area contributed by atoms with E-state index in [1.165, 1.54) is 0 Å². The van der Waals surface area contributed by atoms with Gasteiger partial charge in [0.15, 0.2) is 0 Å². The standard InChI is InChI=1S/C14H24N2O3/c1-2-6-14(13(18)19)7-3-8-16(14)12(17)10-4-5-11(15)9-10/h10-11H,2-9,15H2,1H3,(H,18,19). The van der Waals surface area contributed by atoms with Gasteiger partial charge in [0.2, 0.25) is 5.91 Å². The van der Waals surface area contributed by atoms with E-state index in [9.17, 15) is 14.7 Å². The lowest BCUT2D eigenvalue weighted by Crippen LogP contribution is -2.54. The van der Waals surface area contributed by atoms with Crippen LogP contribution in [0.3, 0.4) is 0 Å². The van der Waals surface area contributed by atoms with Gasteiger partial charge in [0, 0.05) is 18.5 Å². The highest BCUT2D eigenvalue weighted by molar-refractivity contribution is 5.89. The molecule has 1 aliphatic carbocycles. The van der Waals surface area contributed by atoms with Crippen LogP contribution in [0.4, 0.5) is 0 Å². The van der Waals surface area contributed by atoms with Gasteiger partial charge in [-0.1, -0.05) is 13.3 Å². The third kappa shape index (κ3) is 2.48. The van der Waals surface area contributed by atoms with Crippen LogP contribution in [-0.2, 0) is 9.59 Å². The van der Waals surface area contributed by atoms with Gasteiger partial charge in [-0.05, 0) is 38.5 Å². The summed E-state index contributed by atoms with van der Waals surface area (Å²) < 4.78 is 0. The van der Waals surface area contributed by atoms with Crippen LogP contribution in [0.5, 0.6) is 0 Å². The predicted molar refractivity (Wildman–Crippen MR) is 71.5 cm³/mol. The van der Waals surface area contributed by atoms with Crippen molar-refractivity contribution in [1.29, 1.82) is 0 Å². The van der Waals surface area contributed by atoms with E-state index in [0.29, 0.717) is 25.8 Å². The van der Waals surface area contributed by atoms with Crippen molar-refractivity contribution in [3.8, 4) is 0 Å². The maximum absolute atomic E-state index is 12.6. The average Bonchev–Trinajstić information content (AvgIpc) is 2.96. The van der Waals surface area contributed by atoms with Crippen molar-refractivity contribution in [1.82, 2.24) is 4.90 Å². The lowest BCUT2D eigenvalue weighted by Gasteiger charge is -2.36. The molecular weight excluding hydrogens is 244 g/mol. The Kier molecular flexibility index (Phi) is 4.13. The first-order valence-corrected chi connectivity index (χ1v) is 7.31. The van der Waals surface area contributed by atoms with Gasteiger partial charge in [-0.15, -0.1) is 0 Å². The van der Waals surface area contributed by atoms with Gasteiger partial charge < -0.3 is 15.7 Å². The van der Waals surface area contributed by atoms with E-state index in [1.807, 2.05) is 6.92 Å². The van der Waals surface area contributed by atoms with Crippen LogP contribution in [0.25, 0.3) is 0 Å². The van der Waals surface area contributed by atoms with Crippen molar-refractivity contribution >= 4 is 11.9 Å². The van der Waals surface area contributed by atoms with Crippen LogP contribution in [0.2, 0.25) is 0 Å². The van der Waals surface area contributed by atoms with E-state index in [4.69, 9.17) is 5.73 Å². The zero-order chi connectivity index (χ0) is 14.0. The van der Waals surface area contributed by atoms with E-state index in [1.54, 1.807) is 4.90 Å². The SMILES string of the molecule is CCCC1(C(=O)O)CCCN1C(=O)C1CCC(N)C1. The zero-order valence-electron chi connectivity index (χ0n) is 11.6. The third-order valence-electron chi connectivity index (χ3n) is 4.64. The number of hydrogen-bond acceptors (Lipinski definition) is 3. The van der Waals surface area contributed by atoms with Crippen molar-refractivity contribution in [2.24, 2.45) is 11.7 Å². The van der Waals surface area contributed by atoms with Crippen LogP contribution in [-0.4, -0.2) is 40.0 Å². The first kappa shape index (κ1) is 14.3. The monoisotopic (exact) mass is 268 g/mol. The number of likely N-dealkylation sites (tertiary alicyclic amines) is 1. The second kappa shape index (κ2) is 5.49. The maximum Gasteiger partial charge on any atom is 0.329 e. The molecule has 3 unspecified atom stereocenters. The molecule has 3 atom stereocenters. The fraction of sp³-hybridized carbons (Fsp3) is 0.857. The Hall–Kier alpha value is -1.10. The van der Waals surface area contributed by atoms with Crippen LogP contribution in [0.15, 0.2) is 0 Å². The molecule has 1 saturated carbocycles. The largest absolute Gasteiger partial charge is 0.479 e. The molecule has 108 valence electrons. The van der Waals surface area contributed by atoms with Gasteiger partial charge >= 0.3 is 5.97 Å². The Morgan fingerprint density at radius 2 is 2.16 bits per heavy atom. The number of carbonyl (C=O) groups is 2. The molecular formula is C14H24N2O3. The molecule has 0 radical (unpaired) electrons. The Morgan fingerprint density at radius 1 is 1.42 bits per heavy atom. The van der Waals surface area contributed by atoms with E-state index in [-0.39, 0.29) is 17.9 Å². The second-order valence-electron chi connectivity index (χ2n) is 5.95. The molecule has 2 rings (SSSR count). The number of carbonyl (C=O) groups excluding carboxylic acids is 1. The third-order valence-corrected chi connectivity index (χ3v) is 4.64. The number of carboxylic acid groups (broad SMARTS) is 1. The number of nitrogens with two attached hydrogens (primary N) is 1. The van der Waals surface area contributed by atoms with E-state index >= 15 is 0 Å². The Balaban J connectivity index is 2.17. The molecule has 1 amide bonds. The summed E-state index contributed by atoms with van der Waals surface area (Å²) in [5, 5.41) is 9.59. The quantitative estimate of drug-likeness (QED) is 0.806. The molecule has 1 heterocycles. The van der Waals surface area contributed by atoms with Gasteiger partial charge in [0.25, 0.3) is 0 Å². The van der Waals surface area contributed by atoms with E-state index in [2.05, 4.69) is 0 Å². The molecule has 0 aromatic rings. The number of aliphatic carboxylic acids is 1. The van der Waals surface area contributed by atoms with Crippen molar-refractivity contribution in [2.75, 3.05) is 6.54 Å². The minimum absolute atomic E-state index is 0.0151. The molecule has 3 N–H and O–H groups in total. The van der Waals surface area contributed by atoms with Crippen LogP contribution in [0, 0.1) is 5.92 Å². The summed E-state index contributed by atoms with van der Waals surface area (Å²) in [6.45, 7) is 2.55. The average molecular weight is 268 g/mol. The summed E-state index contributed by atoms with van der Waals surface area (Å²) in [4.78, 5) is 25.9. The minimum atomic E-state index is -0.960. The van der Waals surface area contributed by atoms with Crippen LogP contribution < -0.4 is 5.73 Å². The fourth-order valence-corrected chi connectivity index (χ4v) is 3.66. The number of carboxylic acids is 1. The fourth-order valence-electron chi connectivity index (χ4n) is 3.66. The lowest BCUT2D eigenvalue weighted by molar-refractivity contribution is -0.158. The molecule has 0 aromatic carbocycles. The van der Waals surface area contributed by atoms with Crippen LogP contribution >= 0.6 is 0 Å². The Morgan fingerprint density at radius 3 is 2.68 bits per heavy atom. The second-order valence-corrected chi connectivity index (χ2v) is 5.95. The highest BCUT2D eigenvalue weighted by Crippen LogP contribution is 2.37. The molecule has 0 aromatic heterocycles. The number of nitrogens with zero attached hydrogens (tertiary/aromatic N) is 1. The van der Waals surface area contributed by atoms with Gasteiger partial charge in [-0.3, -0.25) is 4.79 Å². The normalized spacial score (nSPS) is 34.7. The number of amides is 1. The zero-order valence-corrected chi connectivity index (χ0v) is 11.6. The summed E-state index contributed by atoms with van der Waals surface area (Å²) in [5.74, 6) is -0.896. The molecule has 5 nitrogen and oxygen atoms in total. The highest BCUT2D eigenvalue weighted by Gasteiger charge is 2.50. The minimum Gasteiger partial charge on any atom is -0.479 e. The number of hydrogen-bond donors (Lipinski definition) is 2. The Labute approximate surface area is 114 Å². The van der Waals surface area contributed by atoms with Gasteiger partial charge in [-0.2, -0.15) is 0 Å². The Bertz CT molecular complexity index is 372. The molecule has 0 bridgehead atoms. The molecule has 1 aliphatic heterocycles. The first-order chi connectivity index (χ1) is 9.01. The van der Waals surface area contributed by atoms with Gasteiger partial charge in [0.05, 0.1) is 0 Å². The van der Waals surface area contributed by atoms with Gasteiger partial charge in [0.1, 0.15) is 5.54 Å². The summed E-state index contributed by atoms with van der Waals surface area (Å²) >= 11 is 0. The predicted octanol–water partition coefficient (Wildman–Crippen LogP) is 1.36. The molecule has 19 heavy (non-hydrogen) atoms. The summed E-state index contributed by atoms with van der Waals surface area (Å²) in [6, 6.07) is 0.0990. The molecule has 2 fully saturated rings. The maximum atomic E-state index is 12.6. The van der Waals surface area contributed by atoms with Crippen molar-refractivity contribution < 1.29 is 14.7 Å². The van der Waals surface area contributed by atoms with Gasteiger partial charge in [-0.25, -0.2) is 4.79 Å². The number of rotatable bonds is 4. The molecule has 5 heteroatoms. The van der Waals surface area contributed by atoms with E-state index in [0.717, 1.165) is 25.7 Å². The smallest absolute Gasteiger partial charge is 0.329 e. The first-order valence-electron chi connectivity index (χ1n) is 7.31. The van der Waals surface area contributed by atoms with Crippen LogP contribution in [0.1, 0.15) is 51.9 Å². The highest BCUT2D eigenvalue weighted by atomic mass is 16.4. The lowest BCUT2D eigenvalue weighted by atomic mass is 9.89. The summed E-state index contributed by atoms with van der Waals surface area (Å²) in [6.07, 6.45) is 5.08. The van der Waals surface area contributed by atoms with Crippen molar-refractivity contribution in [3.05, 3.63) is 0 Å². The molecule has 1 saturated heterocycles. The van der Waals surface area contributed by atoms with E-state index < -0.39 is 11.5 Å². The topological polar surface area (TPSA) is 83.6 Å². The summed E-state index contributed by atoms with van der Waals surface area (Å²) in [7, 11) is 0. The van der Waals surface area contributed by atoms with Crippen molar-refractivity contribution in [2.45, 2.75) is 63.5 Å².